The first-order chi connectivity index (χ1) is 14.3. The van der Waals surface area contributed by atoms with Gasteiger partial charge in [-0.25, -0.2) is 9.59 Å². The molecule has 0 saturated carbocycles. The van der Waals surface area contributed by atoms with E-state index in [0.29, 0.717) is 22.7 Å². The molecular weight excluding hydrogens is 386 g/mol. The molecule has 0 spiro atoms. The van der Waals surface area contributed by atoms with E-state index in [-0.39, 0.29) is 11.3 Å². The van der Waals surface area contributed by atoms with Crippen molar-refractivity contribution in [2.75, 3.05) is 11.9 Å². The molecule has 0 unspecified atom stereocenters. The van der Waals surface area contributed by atoms with Gasteiger partial charge >= 0.3 is 11.6 Å². The van der Waals surface area contributed by atoms with Gasteiger partial charge in [-0.05, 0) is 50.6 Å². The Hall–Kier alpha value is -3.87. The quantitative estimate of drug-likeness (QED) is 0.617. The van der Waals surface area contributed by atoms with Crippen LogP contribution in [0.5, 0.6) is 11.5 Å². The van der Waals surface area contributed by atoms with Crippen molar-refractivity contribution in [1.82, 2.24) is 0 Å². The maximum absolute atomic E-state index is 12.3. The van der Waals surface area contributed by atoms with Crippen molar-refractivity contribution >= 4 is 17.6 Å². The van der Waals surface area contributed by atoms with Crippen LogP contribution in [-0.4, -0.2) is 18.5 Å². The minimum atomic E-state index is -0.743. The van der Waals surface area contributed by atoms with Crippen molar-refractivity contribution < 1.29 is 23.5 Å². The number of aryl methyl sites for hydroxylation is 3. The fourth-order valence-corrected chi connectivity index (χ4v) is 2.84. The monoisotopic (exact) mass is 407 g/mol. The van der Waals surface area contributed by atoms with E-state index < -0.39 is 24.1 Å². The molecule has 0 aliphatic rings. The lowest BCUT2D eigenvalue weighted by atomic mass is 10.1. The molecular formula is C23H21NO6. The molecule has 7 nitrogen and oxygen atoms in total. The third-order valence-corrected chi connectivity index (χ3v) is 4.28. The maximum atomic E-state index is 12.3. The second kappa shape index (κ2) is 9.09. The molecule has 0 fully saturated rings. The average molecular weight is 407 g/mol. The van der Waals surface area contributed by atoms with Gasteiger partial charge in [0.2, 0.25) is 0 Å². The van der Waals surface area contributed by atoms with Crippen LogP contribution in [0.2, 0.25) is 0 Å². The van der Waals surface area contributed by atoms with E-state index in [4.69, 9.17) is 13.9 Å². The van der Waals surface area contributed by atoms with Gasteiger partial charge in [-0.3, -0.25) is 4.79 Å². The number of amides is 1. The number of hydrogen-bond acceptors (Lipinski definition) is 6. The highest BCUT2D eigenvalue weighted by atomic mass is 16.5. The van der Waals surface area contributed by atoms with E-state index in [1.165, 1.54) is 13.0 Å². The van der Waals surface area contributed by atoms with Crippen LogP contribution in [-0.2, 0) is 9.53 Å². The highest BCUT2D eigenvalue weighted by molar-refractivity contribution is 5.97. The summed E-state index contributed by atoms with van der Waals surface area (Å²) in [7, 11) is 0. The average Bonchev–Trinajstić information content (AvgIpc) is 2.69. The van der Waals surface area contributed by atoms with E-state index in [1.54, 1.807) is 31.2 Å². The zero-order valence-corrected chi connectivity index (χ0v) is 16.9. The van der Waals surface area contributed by atoms with Crippen molar-refractivity contribution in [1.29, 1.82) is 0 Å². The van der Waals surface area contributed by atoms with Gasteiger partial charge in [0.15, 0.2) is 12.4 Å². The van der Waals surface area contributed by atoms with Gasteiger partial charge in [-0.15, -0.1) is 0 Å². The number of carbonyl (C=O) groups excluding carboxylic acids is 2. The highest BCUT2D eigenvalue weighted by Crippen LogP contribution is 2.29. The number of nitrogens with one attached hydrogen (secondary N) is 1. The van der Waals surface area contributed by atoms with E-state index in [0.717, 1.165) is 5.56 Å². The number of anilines is 1. The van der Waals surface area contributed by atoms with Crippen LogP contribution in [0.3, 0.4) is 0 Å². The first-order valence-corrected chi connectivity index (χ1v) is 9.25. The molecule has 1 aromatic heterocycles. The molecule has 2 aromatic carbocycles. The Bertz CT molecular complexity index is 1100. The van der Waals surface area contributed by atoms with Gasteiger partial charge < -0.3 is 19.2 Å². The van der Waals surface area contributed by atoms with Crippen LogP contribution in [0.1, 0.15) is 27.2 Å². The summed E-state index contributed by atoms with van der Waals surface area (Å²) in [5, 5.41) is 2.67. The molecule has 0 aliphatic heterocycles. The molecule has 0 bridgehead atoms. The predicted octanol–water partition coefficient (Wildman–Crippen LogP) is 4.15. The van der Waals surface area contributed by atoms with Gasteiger partial charge in [-0.1, -0.05) is 29.8 Å². The number of carbonyl (C=O) groups is 2. The molecule has 3 aromatic rings. The van der Waals surface area contributed by atoms with Crippen molar-refractivity contribution in [3.05, 3.63) is 87.5 Å². The second-order valence-electron chi connectivity index (χ2n) is 6.72. The zero-order valence-electron chi connectivity index (χ0n) is 16.9. The lowest BCUT2D eigenvalue weighted by Gasteiger charge is -2.13. The fraction of sp³-hybridized carbons (Fsp3) is 0.174. The van der Waals surface area contributed by atoms with Crippen LogP contribution in [0.25, 0.3) is 0 Å². The summed E-state index contributed by atoms with van der Waals surface area (Å²) < 4.78 is 15.8. The molecule has 0 aliphatic carbocycles. The molecule has 7 heteroatoms. The molecule has 0 radical (unpaired) electrons. The molecule has 1 N–H and O–H groups in total. The predicted molar refractivity (Wildman–Crippen MR) is 111 cm³/mol. The number of ether oxygens (including phenoxy) is 2. The van der Waals surface area contributed by atoms with Gasteiger partial charge in [-0.2, -0.15) is 0 Å². The smallest absolute Gasteiger partial charge is 0.342 e. The lowest BCUT2D eigenvalue weighted by Crippen LogP contribution is -2.22. The number of benzene rings is 2. The second-order valence-corrected chi connectivity index (χ2v) is 6.72. The topological polar surface area (TPSA) is 94.8 Å². The van der Waals surface area contributed by atoms with Crippen molar-refractivity contribution in [2.24, 2.45) is 0 Å². The largest absolute Gasteiger partial charge is 0.455 e. The van der Waals surface area contributed by atoms with E-state index in [2.05, 4.69) is 5.32 Å². The summed E-state index contributed by atoms with van der Waals surface area (Å²) in [5.74, 6) is -0.0471. The van der Waals surface area contributed by atoms with Crippen molar-refractivity contribution in [3.8, 4) is 11.5 Å². The van der Waals surface area contributed by atoms with Crippen LogP contribution in [0.15, 0.2) is 63.8 Å². The summed E-state index contributed by atoms with van der Waals surface area (Å²) in [5.41, 5.74) is 1.55. The Kier molecular flexibility index (Phi) is 6.32. The number of esters is 1. The van der Waals surface area contributed by atoms with Crippen LogP contribution >= 0.6 is 0 Å². The minimum Gasteiger partial charge on any atom is -0.455 e. The summed E-state index contributed by atoms with van der Waals surface area (Å²) >= 11 is 0. The van der Waals surface area contributed by atoms with Gasteiger partial charge in [0.05, 0.1) is 5.69 Å². The van der Waals surface area contributed by atoms with Gasteiger partial charge in [0, 0.05) is 6.07 Å². The fourth-order valence-electron chi connectivity index (χ4n) is 2.84. The van der Waals surface area contributed by atoms with Crippen molar-refractivity contribution in [2.45, 2.75) is 20.8 Å². The Morgan fingerprint density at radius 2 is 1.70 bits per heavy atom. The summed E-state index contributed by atoms with van der Waals surface area (Å²) in [6.45, 7) is 4.56. The van der Waals surface area contributed by atoms with E-state index in [9.17, 15) is 14.4 Å². The van der Waals surface area contributed by atoms with Crippen LogP contribution in [0, 0.1) is 20.8 Å². The maximum Gasteiger partial charge on any atom is 0.342 e. The molecule has 1 heterocycles. The molecule has 3 rings (SSSR count). The Balaban J connectivity index is 1.65. The SMILES string of the molecule is Cc1ccc(Oc2ccccc2NC(=O)COC(=O)c2c(C)cc(=O)oc2C)cc1. The summed E-state index contributed by atoms with van der Waals surface area (Å²) in [6, 6.07) is 15.6. The molecule has 154 valence electrons. The minimum absolute atomic E-state index is 0.130. The van der Waals surface area contributed by atoms with Crippen molar-refractivity contribution in [3.63, 3.8) is 0 Å². The zero-order chi connectivity index (χ0) is 21.7. The normalized spacial score (nSPS) is 10.4. The third kappa shape index (κ3) is 5.14. The number of hydrogen-bond donors (Lipinski definition) is 1. The summed E-state index contributed by atoms with van der Waals surface area (Å²) in [6.07, 6.45) is 0. The van der Waals surface area contributed by atoms with Gasteiger partial charge in [0.25, 0.3) is 5.91 Å². The van der Waals surface area contributed by atoms with Crippen LogP contribution < -0.4 is 15.7 Å². The van der Waals surface area contributed by atoms with E-state index in [1.807, 2.05) is 31.2 Å². The molecule has 0 saturated heterocycles. The number of para-hydroxylation sites is 2. The van der Waals surface area contributed by atoms with Gasteiger partial charge in [0.1, 0.15) is 17.1 Å². The first-order valence-electron chi connectivity index (χ1n) is 9.25. The molecule has 30 heavy (non-hydrogen) atoms. The molecule has 1 amide bonds. The Labute approximate surface area is 173 Å². The standard InChI is InChI=1S/C23H21NO6/c1-14-8-10-17(11-9-14)30-19-7-5-4-6-18(19)24-20(25)13-28-23(27)22-15(2)12-21(26)29-16(22)3/h4-12H,13H2,1-3H3,(H,24,25). The third-order valence-electron chi connectivity index (χ3n) is 4.28. The Morgan fingerprint density at radius 3 is 2.40 bits per heavy atom. The lowest BCUT2D eigenvalue weighted by molar-refractivity contribution is -0.119. The first kappa shape index (κ1) is 20.9. The summed E-state index contributed by atoms with van der Waals surface area (Å²) in [4.78, 5) is 35.9. The number of rotatable bonds is 6. The van der Waals surface area contributed by atoms with E-state index >= 15 is 0 Å². The Morgan fingerprint density at radius 1 is 1.00 bits per heavy atom. The van der Waals surface area contributed by atoms with Crippen LogP contribution in [0.4, 0.5) is 5.69 Å². The highest BCUT2D eigenvalue weighted by Gasteiger charge is 2.18. The molecule has 0 atom stereocenters.